The predicted molar refractivity (Wildman–Crippen MR) is 86.5 cm³/mol. The van der Waals surface area contributed by atoms with Gasteiger partial charge < -0.3 is 5.11 Å². The summed E-state index contributed by atoms with van der Waals surface area (Å²) in [6.07, 6.45) is 3.95. The Bertz CT molecular complexity index is 684. The van der Waals surface area contributed by atoms with E-state index in [1.54, 1.807) is 18.7 Å². The average molecular weight is 394 g/mol. The number of carboxylic acids is 1. The molecule has 1 saturated carbocycles. The van der Waals surface area contributed by atoms with Crippen LogP contribution in [0.1, 0.15) is 28.8 Å². The summed E-state index contributed by atoms with van der Waals surface area (Å²) >= 11 is 4.87. The van der Waals surface area contributed by atoms with Crippen LogP contribution in [0.25, 0.3) is 0 Å². The first-order chi connectivity index (χ1) is 9.71. The fourth-order valence-corrected chi connectivity index (χ4v) is 4.54. The third kappa shape index (κ3) is 3.61. The van der Waals surface area contributed by atoms with E-state index in [1.807, 2.05) is 6.26 Å². The summed E-state index contributed by atoms with van der Waals surface area (Å²) in [5.74, 6) is -1.15. The molecular weight excluding hydrogens is 378 g/mol. The van der Waals surface area contributed by atoms with Crippen LogP contribution in [0.4, 0.5) is 0 Å². The van der Waals surface area contributed by atoms with Crippen LogP contribution in [0.5, 0.6) is 0 Å². The lowest BCUT2D eigenvalue weighted by Gasteiger charge is -2.14. The molecule has 0 unspecified atom stereocenters. The molecule has 5 nitrogen and oxygen atoms in total. The smallest absolute Gasteiger partial charge is 0.336 e. The Kier molecular flexibility index (Phi) is 4.72. The summed E-state index contributed by atoms with van der Waals surface area (Å²) < 4.78 is 27.7. The van der Waals surface area contributed by atoms with Gasteiger partial charge in [0.25, 0.3) is 0 Å². The van der Waals surface area contributed by atoms with E-state index in [2.05, 4.69) is 20.7 Å². The van der Waals surface area contributed by atoms with E-state index in [0.29, 0.717) is 16.6 Å². The molecule has 116 valence electrons. The van der Waals surface area contributed by atoms with Gasteiger partial charge in [-0.25, -0.2) is 17.9 Å². The molecule has 2 N–H and O–H groups in total. The molecular formula is C13H16BrNO4S2. The minimum atomic E-state index is -3.72. The Balaban J connectivity index is 2.30. The Hall–Kier alpha value is -0.570. The van der Waals surface area contributed by atoms with E-state index in [0.717, 1.165) is 12.8 Å². The molecule has 1 aromatic rings. The molecule has 0 bridgehead atoms. The van der Waals surface area contributed by atoms with Crippen molar-refractivity contribution in [2.45, 2.75) is 29.4 Å². The third-order valence-electron chi connectivity index (χ3n) is 3.68. The van der Waals surface area contributed by atoms with Crippen molar-refractivity contribution in [1.82, 2.24) is 4.72 Å². The van der Waals surface area contributed by atoms with E-state index >= 15 is 0 Å². The highest BCUT2D eigenvalue weighted by atomic mass is 79.9. The second kappa shape index (κ2) is 5.91. The van der Waals surface area contributed by atoms with Crippen LogP contribution in [-0.2, 0) is 10.0 Å². The fourth-order valence-electron chi connectivity index (χ4n) is 1.93. The topological polar surface area (TPSA) is 83.5 Å². The second-order valence-electron chi connectivity index (χ2n) is 5.09. The van der Waals surface area contributed by atoms with Gasteiger partial charge in [0.15, 0.2) is 0 Å². The van der Waals surface area contributed by atoms with Crippen LogP contribution in [0.2, 0.25) is 0 Å². The first-order valence-electron chi connectivity index (χ1n) is 6.29. The van der Waals surface area contributed by atoms with E-state index < -0.39 is 16.0 Å². The number of carbonyl (C=O) groups is 1. The minimum absolute atomic E-state index is 0.00459. The highest BCUT2D eigenvalue weighted by molar-refractivity contribution is 9.10. The van der Waals surface area contributed by atoms with Crippen molar-refractivity contribution in [1.29, 1.82) is 0 Å². The van der Waals surface area contributed by atoms with Crippen LogP contribution in [0, 0.1) is 6.92 Å². The standard InChI is InChI=1S/C13H16BrNO4S2/c1-8-10(12(16)17)5-9(6-11(8)14)21(18,19)15-7-13(20-2)3-4-13/h5-6,15H,3-4,7H2,1-2H3,(H,16,17). The van der Waals surface area contributed by atoms with Crippen molar-refractivity contribution in [3.63, 3.8) is 0 Å². The number of benzene rings is 1. The Morgan fingerprint density at radius 2 is 2.10 bits per heavy atom. The number of nitrogens with one attached hydrogen (secondary N) is 1. The first-order valence-corrected chi connectivity index (χ1v) is 9.79. The van der Waals surface area contributed by atoms with E-state index in [1.165, 1.54) is 12.1 Å². The summed E-state index contributed by atoms with van der Waals surface area (Å²) in [6, 6.07) is 2.63. The number of aromatic carboxylic acids is 1. The molecule has 0 spiro atoms. The van der Waals surface area contributed by atoms with E-state index in [4.69, 9.17) is 5.11 Å². The second-order valence-corrected chi connectivity index (χ2v) is 8.99. The molecule has 0 radical (unpaired) electrons. The van der Waals surface area contributed by atoms with Crippen LogP contribution in [0.3, 0.4) is 0 Å². The highest BCUT2D eigenvalue weighted by Gasteiger charge is 2.42. The van der Waals surface area contributed by atoms with Crippen LogP contribution < -0.4 is 4.72 Å². The largest absolute Gasteiger partial charge is 0.478 e. The number of sulfonamides is 1. The van der Waals surface area contributed by atoms with Crippen molar-refractivity contribution in [3.8, 4) is 0 Å². The summed E-state index contributed by atoms with van der Waals surface area (Å²) in [5.41, 5.74) is 0.486. The third-order valence-corrected chi connectivity index (χ3v) is 7.31. The Labute approximate surface area is 136 Å². The predicted octanol–water partition coefficient (Wildman–Crippen LogP) is 2.63. The summed E-state index contributed by atoms with van der Waals surface area (Å²) in [6.45, 7) is 1.99. The van der Waals surface area contributed by atoms with Crippen LogP contribution in [0.15, 0.2) is 21.5 Å². The normalized spacial score (nSPS) is 16.7. The molecule has 1 fully saturated rings. The van der Waals surface area contributed by atoms with Gasteiger partial charge in [-0.1, -0.05) is 15.9 Å². The van der Waals surface area contributed by atoms with Crippen LogP contribution >= 0.6 is 27.7 Å². The number of rotatable bonds is 6. The lowest BCUT2D eigenvalue weighted by atomic mass is 10.1. The fraction of sp³-hybridized carbons (Fsp3) is 0.462. The molecule has 0 heterocycles. The average Bonchev–Trinajstić information content (AvgIpc) is 3.20. The Morgan fingerprint density at radius 1 is 1.48 bits per heavy atom. The number of thioether (sulfide) groups is 1. The van der Waals surface area contributed by atoms with Gasteiger partial charge in [0.05, 0.1) is 10.5 Å². The first kappa shape index (κ1) is 16.8. The number of hydrogen-bond acceptors (Lipinski definition) is 4. The van der Waals surface area contributed by atoms with Crippen molar-refractivity contribution in [2.75, 3.05) is 12.8 Å². The van der Waals surface area contributed by atoms with Gasteiger partial charge in [0, 0.05) is 15.8 Å². The van der Waals surface area contributed by atoms with E-state index in [9.17, 15) is 13.2 Å². The minimum Gasteiger partial charge on any atom is -0.478 e. The monoisotopic (exact) mass is 393 g/mol. The molecule has 1 aliphatic rings. The molecule has 2 rings (SSSR count). The zero-order chi connectivity index (χ0) is 15.8. The maximum atomic E-state index is 12.3. The van der Waals surface area contributed by atoms with Crippen molar-refractivity contribution < 1.29 is 18.3 Å². The molecule has 0 amide bonds. The molecule has 21 heavy (non-hydrogen) atoms. The quantitative estimate of drug-likeness (QED) is 0.775. The zero-order valence-corrected chi connectivity index (χ0v) is 14.9. The van der Waals surface area contributed by atoms with Gasteiger partial charge in [0.2, 0.25) is 10.0 Å². The van der Waals surface area contributed by atoms with Gasteiger partial charge in [-0.3, -0.25) is 0 Å². The van der Waals surface area contributed by atoms with Crippen LogP contribution in [-0.4, -0.2) is 37.0 Å². The summed E-state index contributed by atoms with van der Waals surface area (Å²) in [5, 5.41) is 9.15. The van der Waals surface area contributed by atoms with Crippen molar-refractivity contribution >= 4 is 43.7 Å². The van der Waals surface area contributed by atoms with Crippen molar-refractivity contribution in [2.24, 2.45) is 0 Å². The number of carboxylic acid groups (broad SMARTS) is 1. The van der Waals surface area contributed by atoms with Gasteiger partial charge >= 0.3 is 5.97 Å². The summed E-state index contributed by atoms with van der Waals surface area (Å²) in [7, 11) is -3.72. The molecule has 0 aliphatic heterocycles. The molecule has 0 atom stereocenters. The molecule has 0 aromatic heterocycles. The SMILES string of the molecule is CSC1(CNS(=O)(=O)c2cc(Br)c(C)c(C(=O)O)c2)CC1. The molecule has 1 aromatic carbocycles. The van der Waals surface area contributed by atoms with Gasteiger partial charge in [-0.05, 0) is 43.7 Å². The lowest BCUT2D eigenvalue weighted by molar-refractivity contribution is 0.0695. The molecule has 1 aliphatic carbocycles. The maximum absolute atomic E-state index is 12.3. The molecule has 8 heteroatoms. The Morgan fingerprint density at radius 3 is 2.57 bits per heavy atom. The molecule has 0 saturated heterocycles. The van der Waals surface area contributed by atoms with Crippen molar-refractivity contribution in [3.05, 3.63) is 27.7 Å². The van der Waals surface area contributed by atoms with Gasteiger partial charge in [-0.2, -0.15) is 11.8 Å². The lowest BCUT2D eigenvalue weighted by Crippen LogP contribution is -2.32. The van der Waals surface area contributed by atoms with Gasteiger partial charge in [-0.15, -0.1) is 0 Å². The summed E-state index contributed by atoms with van der Waals surface area (Å²) in [4.78, 5) is 11.2. The number of halogens is 1. The maximum Gasteiger partial charge on any atom is 0.336 e. The van der Waals surface area contributed by atoms with Gasteiger partial charge in [0.1, 0.15) is 0 Å². The zero-order valence-electron chi connectivity index (χ0n) is 11.6. The van der Waals surface area contributed by atoms with E-state index in [-0.39, 0.29) is 15.2 Å². The highest BCUT2D eigenvalue weighted by Crippen LogP contribution is 2.46. The number of hydrogen-bond donors (Lipinski definition) is 2.